The molecule has 0 spiro atoms. The molecule has 0 bridgehead atoms. The quantitative estimate of drug-likeness (QED) is 0.317. The molecule has 158 valence electrons. The summed E-state index contributed by atoms with van der Waals surface area (Å²) >= 11 is 1.48. The van der Waals surface area contributed by atoms with Crippen molar-refractivity contribution in [2.24, 2.45) is 0 Å². The van der Waals surface area contributed by atoms with E-state index in [1.165, 1.54) is 11.8 Å². The lowest BCUT2D eigenvalue weighted by molar-refractivity contribution is 0.306. The van der Waals surface area contributed by atoms with Crippen LogP contribution in [0.2, 0.25) is 0 Å². The molecule has 0 aliphatic heterocycles. The van der Waals surface area contributed by atoms with Crippen LogP contribution in [0.5, 0.6) is 17.2 Å². The number of ether oxygens (including phenoxy) is 3. The number of rotatable bonds is 9. The van der Waals surface area contributed by atoms with Gasteiger partial charge in [0.05, 0.1) is 14.2 Å². The molecule has 0 N–H and O–H groups in total. The number of methoxy groups -OCH3 is 2. The highest BCUT2D eigenvalue weighted by Gasteiger charge is 2.13. The first kappa shape index (κ1) is 20.8. The van der Waals surface area contributed by atoms with E-state index in [2.05, 4.69) is 10.2 Å². The Morgan fingerprint density at radius 1 is 0.806 bits per heavy atom. The summed E-state index contributed by atoms with van der Waals surface area (Å²) in [5.74, 6) is 3.21. The van der Waals surface area contributed by atoms with Crippen molar-refractivity contribution in [1.29, 1.82) is 0 Å². The van der Waals surface area contributed by atoms with Gasteiger partial charge in [0.15, 0.2) is 11.5 Å². The summed E-state index contributed by atoms with van der Waals surface area (Å²) in [6, 6.07) is 23.6. The topological polar surface area (TPSA) is 66.6 Å². The third kappa shape index (κ3) is 5.38. The largest absolute Gasteiger partial charge is 0.493 e. The second-order valence-electron chi connectivity index (χ2n) is 6.65. The fourth-order valence-electron chi connectivity index (χ4n) is 2.97. The molecule has 0 saturated carbocycles. The molecule has 0 saturated heterocycles. The standard InChI is InChI=1S/C24H22N2O4S/c1-27-21-12-11-19(14-22(21)28-2)23-25-26-24(30-23)31-16-18-9-6-10-20(13-18)29-15-17-7-4-3-5-8-17/h3-14H,15-16H2,1-2H3. The predicted octanol–water partition coefficient (Wildman–Crippen LogP) is 5.63. The van der Waals surface area contributed by atoms with Crippen molar-refractivity contribution in [2.75, 3.05) is 14.2 Å². The van der Waals surface area contributed by atoms with Crippen LogP contribution in [0.15, 0.2) is 82.4 Å². The van der Waals surface area contributed by atoms with Crippen LogP contribution in [0.4, 0.5) is 0 Å². The van der Waals surface area contributed by atoms with Gasteiger partial charge in [0.1, 0.15) is 12.4 Å². The van der Waals surface area contributed by atoms with Crippen LogP contribution >= 0.6 is 11.8 Å². The van der Waals surface area contributed by atoms with Crippen LogP contribution in [-0.2, 0) is 12.4 Å². The van der Waals surface area contributed by atoms with Crippen molar-refractivity contribution in [1.82, 2.24) is 10.2 Å². The Kier molecular flexibility index (Phi) is 6.74. The van der Waals surface area contributed by atoms with Crippen molar-refractivity contribution in [2.45, 2.75) is 17.6 Å². The van der Waals surface area contributed by atoms with Gasteiger partial charge < -0.3 is 18.6 Å². The summed E-state index contributed by atoms with van der Waals surface area (Å²) in [5, 5.41) is 8.80. The molecule has 3 aromatic carbocycles. The summed E-state index contributed by atoms with van der Waals surface area (Å²) < 4.78 is 22.3. The van der Waals surface area contributed by atoms with Gasteiger partial charge in [0.25, 0.3) is 5.22 Å². The van der Waals surface area contributed by atoms with Crippen LogP contribution in [0.3, 0.4) is 0 Å². The van der Waals surface area contributed by atoms with Gasteiger partial charge >= 0.3 is 0 Å². The highest BCUT2D eigenvalue weighted by atomic mass is 32.2. The zero-order chi connectivity index (χ0) is 21.5. The zero-order valence-electron chi connectivity index (χ0n) is 17.3. The number of hydrogen-bond acceptors (Lipinski definition) is 7. The fraction of sp³-hybridized carbons (Fsp3) is 0.167. The normalized spacial score (nSPS) is 10.6. The van der Waals surface area contributed by atoms with E-state index in [9.17, 15) is 0 Å². The molecule has 0 amide bonds. The molecule has 4 aromatic rings. The van der Waals surface area contributed by atoms with Gasteiger partial charge in [-0.3, -0.25) is 0 Å². The van der Waals surface area contributed by atoms with Crippen LogP contribution in [-0.4, -0.2) is 24.4 Å². The molecule has 0 unspecified atom stereocenters. The smallest absolute Gasteiger partial charge is 0.277 e. The number of hydrogen-bond donors (Lipinski definition) is 0. The van der Waals surface area contributed by atoms with Crippen molar-refractivity contribution < 1.29 is 18.6 Å². The molecule has 7 heteroatoms. The van der Waals surface area contributed by atoms with E-state index in [4.69, 9.17) is 18.6 Å². The first-order chi connectivity index (χ1) is 15.2. The first-order valence-corrected chi connectivity index (χ1v) is 10.7. The lowest BCUT2D eigenvalue weighted by atomic mass is 10.2. The summed E-state index contributed by atoms with van der Waals surface area (Å²) in [6.07, 6.45) is 0. The Bertz CT molecular complexity index is 1130. The SMILES string of the molecule is COc1ccc(-c2nnc(SCc3cccc(OCc4ccccc4)c3)o2)cc1OC. The maximum absolute atomic E-state index is 5.90. The zero-order valence-corrected chi connectivity index (χ0v) is 18.1. The van der Waals surface area contributed by atoms with Crippen LogP contribution in [0.1, 0.15) is 11.1 Å². The highest BCUT2D eigenvalue weighted by Crippen LogP contribution is 2.33. The number of nitrogens with zero attached hydrogens (tertiary/aromatic N) is 2. The predicted molar refractivity (Wildman–Crippen MR) is 120 cm³/mol. The Labute approximate surface area is 185 Å². The summed E-state index contributed by atoms with van der Waals surface area (Å²) in [6.45, 7) is 0.537. The van der Waals surface area contributed by atoms with E-state index in [1.54, 1.807) is 14.2 Å². The Hall–Kier alpha value is -3.45. The summed E-state index contributed by atoms with van der Waals surface area (Å²) in [7, 11) is 3.19. The van der Waals surface area contributed by atoms with E-state index in [0.29, 0.717) is 35.0 Å². The van der Waals surface area contributed by atoms with E-state index in [1.807, 2.05) is 72.8 Å². The first-order valence-electron chi connectivity index (χ1n) is 9.69. The van der Waals surface area contributed by atoms with Crippen LogP contribution < -0.4 is 14.2 Å². The van der Waals surface area contributed by atoms with Crippen molar-refractivity contribution in [3.63, 3.8) is 0 Å². The van der Waals surface area contributed by atoms with Gasteiger partial charge in [-0.05, 0) is 41.5 Å². The summed E-state index contributed by atoms with van der Waals surface area (Å²) in [4.78, 5) is 0. The van der Waals surface area contributed by atoms with E-state index < -0.39 is 0 Å². The van der Waals surface area contributed by atoms with Crippen molar-refractivity contribution >= 4 is 11.8 Å². The van der Waals surface area contributed by atoms with Gasteiger partial charge in [0, 0.05) is 11.3 Å². The highest BCUT2D eigenvalue weighted by molar-refractivity contribution is 7.98. The van der Waals surface area contributed by atoms with Gasteiger partial charge in [-0.2, -0.15) is 0 Å². The Morgan fingerprint density at radius 3 is 2.42 bits per heavy atom. The van der Waals surface area contributed by atoms with Gasteiger partial charge in [0.2, 0.25) is 5.89 Å². The van der Waals surface area contributed by atoms with Crippen LogP contribution in [0.25, 0.3) is 11.5 Å². The molecule has 0 aliphatic rings. The lowest BCUT2D eigenvalue weighted by Gasteiger charge is -2.08. The van der Waals surface area contributed by atoms with E-state index in [0.717, 1.165) is 22.4 Å². The minimum Gasteiger partial charge on any atom is -0.493 e. The minimum atomic E-state index is 0.434. The maximum atomic E-state index is 5.90. The fourth-order valence-corrected chi connectivity index (χ4v) is 3.67. The lowest BCUT2D eigenvalue weighted by Crippen LogP contribution is -1.95. The molecule has 1 aromatic heterocycles. The van der Waals surface area contributed by atoms with E-state index >= 15 is 0 Å². The van der Waals surface area contributed by atoms with Gasteiger partial charge in [-0.25, -0.2) is 0 Å². The Balaban J connectivity index is 1.37. The second kappa shape index (κ2) is 10.0. The third-order valence-corrected chi connectivity index (χ3v) is 5.44. The number of aromatic nitrogens is 2. The van der Waals surface area contributed by atoms with Crippen molar-refractivity contribution in [3.05, 3.63) is 83.9 Å². The molecule has 0 fully saturated rings. The molecule has 1 heterocycles. The number of benzene rings is 3. The van der Waals surface area contributed by atoms with Gasteiger partial charge in [-0.1, -0.05) is 54.2 Å². The molecular formula is C24H22N2O4S. The van der Waals surface area contributed by atoms with Crippen LogP contribution in [0, 0.1) is 0 Å². The maximum Gasteiger partial charge on any atom is 0.277 e. The minimum absolute atomic E-state index is 0.434. The molecular weight excluding hydrogens is 412 g/mol. The summed E-state index contributed by atoms with van der Waals surface area (Å²) in [5.41, 5.74) is 3.02. The molecule has 0 radical (unpaired) electrons. The average Bonchev–Trinajstić information content (AvgIpc) is 3.31. The Morgan fingerprint density at radius 2 is 1.61 bits per heavy atom. The monoisotopic (exact) mass is 434 g/mol. The third-order valence-electron chi connectivity index (χ3n) is 4.55. The number of thioether (sulfide) groups is 1. The molecule has 0 aliphatic carbocycles. The average molecular weight is 435 g/mol. The molecule has 0 atom stereocenters. The van der Waals surface area contributed by atoms with E-state index in [-0.39, 0.29) is 0 Å². The molecule has 6 nitrogen and oxygen atoms in total. The van der Waals surface area contributed by atoms with Crippen molar-refractivity contribution in [3.8, 4) is 28.7 Å². The molecule has 31 heavy (non-hydrogen) atoms. The molecule has 4 rings (SSSR count). The second-order valence-corrected chi connectivity index (χ2v) is 7.58. The van der Waals surface area contributed by atoms with Gasteiger partial charge in [-0.15, -0.1) is 10.2 Å².